The number of rotatable bonds is 6. The quantitative estimate of drug-likeness (QED) is 0.702. The summed E-state index contributed by atoms with van der Waals surface area (Å²) < 4.78 is 37.7. The zero-order valence-corrected chi connectivity index (χ0v) is 17.5. The van der Waals surface area contributed by atoms with Gasteiger partial charge in [-0.1, -0.05) is 0 Å². The molecule has 0 aromatic carbocycles. The number of hydrogen-bond acceptors (Lipinski definition) is 6. The van der Waals surface area contributed by atoms with Crippen LogP contribution in [0.1, 0.15) is 40.5 Å². The first-order valence-corrected chi connectivity index (χ1v) is 10.0. The maximum absolute atomic E-state index is 12.7. The van der Waals surface area contributed by atoms with Gasteiger partial charge in [0.2, 0.25) is 5.91 Å². The van der Waals surface area contributed by atoms with Crippen molar-refractivity contribution in [3.63, 3.8) is 0 Å². The number of anilines is 2. The Labute approximate surface area is 174 Å². The van der Waals surface area contributed by atoms with Crippen LogP contribution < -0.4 is 16.1 Å². The number of alkyl halides is 2. The van der Waals surface area contributed by atoms with Gasteiger partial charge >= 0.3 is 7.12 Å². The summed E-state index contributed by atoms with van der Waals surface area (Å²) in [6, 6.07) is 1.71. The van der Waals surface area contributed by atoms with Crippen LogP contribution in [0.2, 0.25) is 0 Å². The highest BCUT2D eigenvalue weighted by atomic mass is 19.3. The van der Waals surface area contributed by atoms with Crippen molar-refractivity contribution in [2.24, 2.45) is 5.92 Å². The summed E-state index contributed by atoms with van der Waals surface area (Å²) in [6.07, 6.45) is 2.32. The van der Waals surface area contributed by atoms with Gasteiger partial charge < -0.3 is 19.9 Å². The van der Waals surface area contributed by atoms with Crippen molar-refractivity contribution in [1.29, 1.82) is 0 Å². The molecule has 30 heavy (non-hydrogen) atoms. The zero-order valence-electron chi connectivity index (χ0n) is 17.5. The van der Waals surface area contributed by atoms with Crippen LogP contribution in [0.3, 0.4) is 0 Å². The molecule has 10 heteroatoms. The molecule has 2 aromatic heterocycles. The standard InChI is InChI=1S/C20H25BF2N4O3/c1-19(2)20(3,4)30-21(29-19)14-9-25-17(26-10-15(22)23)13-8-24-16(7-12(13)14)27-18(28)11-5-6-11/h7-9,11,15H,5-6,10H2,1-4H3,(H,25,26)(H,24,27,28). The molecule has 0 atom stereocenters. The minimum Gasteiger partial charge on any atom is -0.399 e. The smallest absolute Gasteiger partial charge is 0.399 e. The van der Waals surface area contributed by atoms with Gasteiger partial charge in [-0.25, -0.2) is 18.7 Å². The summed E-state index contributed by atoms with van der Waals surface area (Å²) >= 11 is 0. The van der Waals surface area contributed by atoms with E-state index in [1.807, 2.05) is 27.7 Å². The van der Waals surface area contributed by atoms with E-state index in [2.05, 4.69) is 20.6 Å². The Morgan fingerprint density at radius 3 is 2.43 bits per heavy atom. The van der Waals surface area contributed by atoms with Crippen molar-refractivity contribution in [3.8, 4) is 0 Å². The van der Waals surface area contributed by atoms with Gasteiger partial charge in [0.05, 0.1) is 17.7 Å². The van der Waals surface area contributed by atoms with Gasteiger partial charge in [-0.2, -0.15) is 0 Å². The fourth-order valence-corrected chi connectivity index (χ4v) is 3.27. The first-order valence-electron chi connectivity index (χ1n) is 10.0. The molecule has 2 fully saturated rings. The lowest BCUT2D eigenvalue weighted by molar-refractivity contribution is -0.117. The van der Waals surface area contributed by atoms with Crippen molar-refractivity contribution >= 4 is 40.9 Å². The van der Waals surface area contributed by atoms with Gasteiger partial charge in [-0.05, 0) is 52.0 Å². The van der Waals surface area contributed by atoms with E-state index in [1.54, 1.807) is 12.3 Å². The monoisotopic (exact) mass is 418 g/mol. The molecule has 2 aromatic rings. The van der Waals surface area contributed by atoms with Gasteiger partial charge in [0.15, 0.2) is 0 Å². The number of fused-ring (bicyclic) bond motifs is 1. The second kappa shape index (κ2) is 7.42. The van der Waals surface area contributed by atoms with Crippen LogP contribution >= 0.6 is 0 Å². The first kappa shape index (κ1) is 20.9. The van der Waals surface area contributed by atoms with E-state index in [4.69, 9.17) is 9.31 Å². The summed E-state index contributed by atoms with van der Waals surface area (Å²) in [5, 5.41) is 6.70. The number of carbonyl (C=O) groups is 1. The molecule has 1 aliphatic carbocycles. The van der Waals surface area contributed by atoms with Gasteiger partial charge in [0, 0.05) is 29.2 Å². The number of nitrogens with zero attached hydrogens (tertiary/aromatic N) is 2. The molecule has 1 aliphatic heterocycles. The summed E-state index contributed by atoms with van der Waals surface area (Å²) in [4.78, 5) is 20.8. The van der Waals surface area contributed by atoms with Gasteiger partial charge in [-0.15, -0.1) is 0 Å². The number of pyridine rings is 2. The zero-order chi connectivity index (χ0) is 21.7. The number of halogens is 2. The minimum absolute atomic E-state index is 0.0331. The average molecular weight is 418 g/mol. The molecule has 1 amide bonds. The summed E-state index contributed by atoms with van der Waals surface area (Å²) in [7, 11) is -0.691. The highest BCUT2D eigenvalue weighted by Crippen LogP contribution is 2.37. The molecule has 0 bridgehead atoms. The van der Waals surface area contributed by atoms with E-state index >= 15 is 0 Å². The van der Waals surface area contributed by atoms with Crippen LogP contribution in [-0.2, 0) is 14.1 Å². The lowest BCUT2D eigenvalue weighted by Crippen LogP contribution is -2.41. The predicted octanol–water partition coefficient (Wildman–Crippen LogP) is 2.95. The third kappa shape index (κ3) is 3.98. The molecule has 0 radical (unpaired) electrons. The third-order valence-corrected chi connectivity index (χ3v) is 5.93. The maximum atomic E-state index is 12.7. The van der Waals surface area contributed by atoms with Gasteiger partial charge in [0.25, 0.3) is 6.43 Å². The number of nitrogens with one attached hydrogen (secondary N) is 2. The second-order valence-electron chi connectivity index (χ2n) is 8.80. The third-order valence-electron chi connectivity index (χ3n) is 5.93. The average Bonchev–Trinajstić information content (AvgIpc) is 3.47. The molecular weight excluding hydrogens is 393 g/mol. The SMILES string of the molecule is CC1(C)OB(c2cnc(NCC(F)F)c3cnc(NC(=O)C4CC4)cc23)OC1(C)C. The van der Waals surface area contributed by atoms with Crippen molar-refractivity contribution in [2.75, 3.05) is 17.2 Å². The van der Waals surface area contributed by atoms with Crippen LogP contribution in [0.15, 0.2) is 18.5 Å². The molecule has 0 spiro atoms. The van der Waals surface area contributed by atoms with Crippen LogP contribution in [0.4, 0.5) is 20.4 Å². The van der Waals surface area contributed by atoms with Crippen molar-refractivity contribution in [2.45, 2.75) is 58.2 Å². The fourth-order valence-electron chi connectivity index (χ4n) is 3.27. The fraction of sp³-hybridized carbons (Fsp3) is 0.550. The summed E-state index contributed by atoms with van der Waals surface area (Å²) in [5.74, 6) is 0.649. The molecule has 3 heterocycles. The van der Waals surface area contributed by atoms with Crippen LogP contribution in [-0.4, -0.2) is 47.2 Å². The Morgan fingerprint density at radius 1 is 1.17 bits per heavy atom. The van der Waals surface area contributed by atoms with Gasteiger partial charge in [0.1, 0.15) is 11.6 Å². The lowest BCUT2D eigenvalue weighted by atomic mass is 9.77. The Kier molecular flexibility index (Phi) is 5.18. The molecule has 2 N–H and O–H groups in total. The Hall–Kier alpha value is -2.33. The van der Waals surface area contributed by atoms with E-state index in [1.165, 1.54) is 6.20 Å². The lowest BCUT2D eigenvalue weighted by Gasteiger charge is -2.32. The normalized spacial score (nSPS) is 20.0. The molecule has 1 saturated carbocycles. The summed E-state index contributed by atoms with van der Waals surface area (Å²) in [6.45, 7) is 7.26. The second-order valence-corrected chi connectivity index (χ2v) is 8.80. The van der Waals surface area contributed by atoms with E-state index in [9.17, 15) is 13.6 Å². The number of carbonyl (C=O) groups excluding carboxylic acids is 1. The molecule has 4 rings (SSSR count). The van der Waals surface area contributed by atoms with Crippen molar-refractivity contribution in [1.82, 2.24) is 9.97 Å². The van der Waals surface area contributed by atoms with E-state index < -0.39 is 31.3 Å². The minimum atomic E-state index is -2.52. The Balaban J connectivity index is 1.74. The first-order chi connectivity index (χ1) is 14.1. The van der Waals surface area contributed by atoms with Crippen LogP contribution in [0, 0.1) is 5.92 Å². The number of aromatic nitrogens is 2. The molecule has 160 valence electrons. The maximum Gasteiger partial charge on any atom is 0.497 e. The predicted molar refractivity (Wildman–Crippen MR) is 111 cm³/mol. The molecule has 2 aliphatic rings. The molecule has 0 unspecified atom stereocenters. The Bertz CT molecular complexity index is 966. The topological polar surface area (TPSA) is 85.4 Å². The van der Waals surface area contributed by atoms with E-state index in [0.29, 0.717) is 22.1 Å². The van der Waals surface area contributed by atoms with Gasteiger partial charge in [-0.3, -0.25) is 4.79 Å². The summed E-state index contributed by atoms with van der Waals surface area (Å²) in [5.41, 5.74) is -0.449. The number of hydrogen-bond donors (Lipinski definition) is 2. The van der Waals surface area contributed by atoms with Crippen molar-refractivity contribution in [3.05, 3.63) is 18.5 Å². The number of amides is 1. The highest BCUT2D eigenvalue weighted by molar-refractivity contribution is 6.65. The van der Waals surface area contributed by atoms with E-state index in [0.717, 1.165) is 12.8 Å². The molecule has 1 saturated heterocycles. The van der Waals surface area contributed by atoms with Crippen molar-refractivity contribution < 1.29 is 22.9 Å². The molecule has 7 nitrogen and oxygen atoms in total. The molecular formula is C20H25BF2N4O3. The van der Waals surface area contributed by atoms with Crippen LogP contribution in [0.5, 0.6) is 0 Å². The van der Waals surface area contributed by atoms with E-state index in [-0.39, 0.29) is 17.6 Å². The largest absolute Gasteiger partial charge is 0.497 e. The van der Waals surface area contributed by atoms with Crippen LogP contribution in [0.25, 0.3) is 10.8 Å². The Morgan fingerprint density at radius 2 is 1.83 bits per heavy atom. The highest BCUT2D eigenvalue weighted by Gasteiger charge is 2.52.